The Morgan fingerprint density at radius 3 is 2.53 bits per heavy atom. The maximum Gasteiger partial charge on any atom is 0.0879 e. The lowest BCUT2D eigenvalue weighted by Gasteiger charge is -2.20. The Labute approximate surface area is 117 Å². The second-order valence-electron chi connectivity index (χ2n) is 5.44. The fraction of sp³-hybridized carbons (Fsp3) is 0.800. The van der Waals surface area contributed by atoms with E-state index in [9.17, 15) is 0 Å². The van der Waals surface area contributed by atoms with Crippen LogP contribution in [0, 0.1) is 5.92 Å². The van der Waals surface area contributed by atoms with Crippen LogP contribution in [0.15, 0.2) is 6.07 Å². The van der Waals surface area contributed by atoms with Gasteiger partial charge >= 0.3 is 0 Å². The first-order valence-corrected chi connectivity index (χ1v) is 7.39. The maximum atomic E-state index is 5.36. The molecule has 0 saturated carbocycles. The summed E-state index contributed by atoms with van der Waals surface area (Å²) in [5.41, 5.74) is 2.46. The number of hydrogen-bond acceptors (Lipinski definition) is 3. The molecule has 1 unspecified atom stereocenters. The molecule has 0 amide bonds. The van der Waals surface area contributed by atoms with Gasteiger partial charge in [-0.05, 0) is 31.4 Å². The van der Waals surface area contributed by atoms with E-state index < -0.39 is 0 Å². The molecule has 1 rings (SSSR count). The first kappa shape index (κ1) is 16.2. The van der Waals surface area contributed by atoms with E-state index >= 15 is 0 Å². The standard InChI is InChI=1S/C15H29N3O/c1-6-13-8-14(7-2)18(17-13)15(11-19-5)10-16-9-12(3)4/h8,12,15-16H,6-7,9-11H2,1-5H3. The highest BCUT2D eigenvalue weighted by Crippen LogP contribution is 2.13. The third-order valence-electron chi connectivity index (χ3n) is 3.23. The molecule has 4 nitrogen and oxygen atoms in total. The SMILES string of the molecule is CCc1cc(CC)n(C(CNCC(C)C)COC)n1. The third kappa shape index (κ3) is 4.96. The zero-order chi connectivity index (χ0) is 14.3. The summed E-state index contributed by atoms with van der Waals surface area (Å²) in [5.74, 6) is 0.665. The van der Waals surface area contributed by atoms with Gasteiger partial charge in [0.25, 0.3) is 0 Å². The second-order valence-corrected chi connectivity index (χ2v) is 5.44. The highest BCUT2D eigenvalue weighted by molar-refractivity contribution is 5.11. The van der Waals surface area contributed by atoms with E-state index in [0.717, 1.165) is 25.9 Å². The summed E-state index contributed by atoms with van der Waals surface area (Å²) in [6, 6.07) is 2.49. The molecule has 1 atom stereocenters. The van der Waals surface area contributed by atoms with Crippen molar-refractivity contribution in [1.29, 1.82) is 0 Å². The van der Waals surface area contributed by atoms with E-state index in [1.54, 1.807) is 7.11 Å². The highest BCUT2D eigenvalue weighted by atomic mass is 16.5. The summed E-state index contributed by atoms with van der Waals surface area (Å²) in [6.45, 7) is 11.4. The van der Waals surface area contributed by atoms with E-state index in [1.807, 2.05) is 0 Å². The van der Waals surface area contributed by atoms with Crippen molar-refractivity contribution in [2.24, 2.45) is 5.92 Å². The van der Waals surface area contributed by atoms with Crippen LogP contribution < -0.4 is 5.32 Å². The van der Waals surface area contributed by atoms with Crippen LogP contribution in [0.3, 0.4) is 0 Å². The molecular formula is C15H29N3O. The van der Waals surface area contributed by atoms with Crippen molar-refractivity contribution in [3.05, 3.63) is 17.5 Å². The molecule has 0 radical (unpaired) electrons. The molecule has 0 aliphatic carbocycles. The summed E-state index contributed by atoms with van der Waals surface area (Å²) in [6.07, 6.45) is 2.00. The average Bonchev–Trinajstić information content (AvgIpc) is 2.80. The topological polar surface area (TPSA) is 39.1 Å². The molecule has 0 bridgehead atoms. The van der Waals surface area contributed by atoms with E-state index in [4.69, 9.17) is 9.84 Å². The molecule has 19 heavy (non-hydrogen) atoms. The minimum absolute atomic E-state index is 0.277. The lowest BCUT2D eigenvalue weighted by molar-refractivity contribution is 0.146. The van der Waals surface area contributed by atoms with Crippen LogP contribution in [0.4, 0.5) is 0 Å². The van der Waals surface area contributed by atoms with Crippen molar-refractivity contribution in [2.45, 2.75) is 46.6 Å². The molecule has 0 fully saturated rings. The van der Waals surface area contributed by atoms with Crippen molar-refractivity contribution >= 4 is 0 Å². The van der Waals surface area contributed by atoms with Crippen LogP contribution in [-0.4, -0.2) is 36.6 Å². The van der Waals surface area contributed by atoms with Crippen LogP contribution >= 0.6 is 0 Å². The predicted molar refractivity (Wildman–Crippen MR) is 79.6 cm³/mol. The Morgan fingerprint density at radius 1 is 1.26 bits per heavy atom. The van der Waals surface area contributed by atoms with Crippen molar-refractivity contribution in [1.82, 2.24) is 15.1 Å². The number of hydrogen-bond donors (Lipinski definition) is 1. The van der Waals surface area contributed by atoms with Gasteiger partial charge in [0, 0.05) is 19.3 Å². The summed E-state index contributed by atoms with van der Waals surface area (Å²) in [7, 11) is 1.76. The van der Waals surface area contributed by atoms with Gasteiger partial charge in [0.1, 0.15) is 0 Å². The first-order chi connectivity index (χ1) is 9.12. The molecule has 1 N–H and O–H groups in total. The molecule has 110 valence electrons. The number of rotatable bonds is 9. The van der Waals surface area contributed by atoms with Crippen molar-refractivity contribution in [2.75, 3.05) is 26.8 Å². The van der Waals surface area contributed by atoms with Gasteiger partial charge in [-0.3, -0.25) is 4.68 Å². The van der Waals surface area contributed by atoms with Gasteiger partial charge in [-0.2, -0.15) is 5.10 Å². The second kappa shape index (κ2) is 8.33. The average molecular weight is 267 g/mol. The summed E-state index contributed by atoms with van der Waals surface area (Å²) in [4.78, 5) is 0. The Hall–Kier alpha value is -0.870. The minimum Gasteiger partial charge on any atom is -0.382 e. The molecule has 0 spiro atoms. The fourth-order valence-corrected chi connectivity index (χ4v) is 2.19. The Balaban J connectivity index is 2.76. The third-order valence-corrected chi connectivity index (χ3v) is 3.23. The van der Waals surface area contributed by atoms with E-state index in [2.05, 4.69) is 43.8 Å². The van der Waals surface area contributed by atoms with Gasteiger partial charge < -0.3 is 10.1 Å². The zero-order valence-corrected chi connectivity index (χ0v) is 13.1. The van der Waals surface area contributed by atoms with Crippen LogP contribution in [0.1, 0.15) is 45.1 Å². The van der Waals surface area contributed by atoms with E-state index in [0.29, 0.717) is 12.5 Å². The quantitative estimate of drug-likeness (QED) is 0.747. The molecule has 0 aliphatic rings. The number of methoxy groups -OCH3 is 1. The Morgan fingerprint density at radius 2 is 2.00 bits per heavy atom. The molecule has 4 heteroatoms. The predicted octanol–water partition coefficient (Wildman–Crippen LogP) is 2.44. The van der Waals surface area contributed by atoms with E-state index in [1.165, 1.54) is 11.4 Å². The smallest absolute Gasteiger partial charge is 0.0879 e. The summed E-state index contributed by atoms with van der Waals surface area (Å²) in [5, 5.41) is 8.22. The summed E-state index contributed by atoms with van der Waals surface area (Å²) < 4.78 is 7.51. The lowest BCUT2D eigenvalue weighted by atomic mass is 10.2. The van der Waals surface area contributed by atoms with Gasteiger partial charge in [-0.25, -0.2) is 0 Å². The highest BCUT2D eigenvalue weighted by Gasteiger charge is 2.16. The summed E-state index contributed by atoms with van der Waals surface area (Å²) >= 11 is 0. The molecule has 1 aromatic heterocycles. The van der Waals surface area contributed by atoms with E-state index in [-0.39, 0.29) is 6.04 Å². The van der Waals surface area contributed by atoms with Gasteiger partial charge in [-0.1, -0.05) is 27.7 Å². The first-order valence-electron chi connectivity index (χ1n) is 7.39. The zero-order valence-electron chi connectivity index (χ0n) is 13.1. The largest absolute Gasteiger partial charge is 0.382 e. The normalized spacial score (nSPS) is 13.2. The van der Waals surface area contributed by atoms with Gasteiger partial charge in [0.15, 0.2) is 0 Å². The fourth-order valence-electron chi connectivity index (χ4n) is 2.19. The monoisotopic (exact) mass is 267 g/mol. The van der Waals surface area contributed by atoms with Crippen LogP contribution in [0.2, 0.25) is 0 Å². The van der Waals surface area contributed by atoms with Gasteiger partial charge in [0.05, 0.1) is 18.3 Å². The van der Waals surface area contributed by atoms with Gasteiger partial charge in [-0.15, -0.1) is 0 Å². The van der Waals surface area contributed by atoms with Gasteiger partial charge in [0.2, 0.25) is 0 Å². The maximum absolute atomic E-state index is 5.36. The molecule has 1 aromatic rings. The minimum atomic E-state index is 0.277. The molecule has 0 aliphatic heterocycles. The Bertz CT molecular complexity index is 360. The number of ether oxygens (including phenoxy) is 1. The number of aromatic nitrogens is 2. The van der Waals surface area contributed by atoms with Crippen LogP contribution in [0.25, 0.3) is 0 Å². The number of aryl methyl sites for hydroxylation is 2. The van der Waals surface area contributed by atoms with Crippen molar-refractivity contribution in [3.63, 3.8) is 0 Å². The molecule has 0 saturated heterocycles. The number of nitrogens with one attached hydrogen (secondary N) is 1. The lowest BCUT2D eigenvalue weighted by Crippen LogP contribution is -2.32. The molecule has 1 heterocycles. The van der Waals surface area contributed by atoms with Crippen molar-refractivity contribution < 1.29 is 4.74 Å². The molecular weight excluding hydrogens is 238 g/mol. The Kier molecular flexibility index (Phi) is 7.10. The van der Waals surface area contributed by atoms with Crippen LogP contribution in [0.5, 0.6) is 0 Å². The van der Waals surface area contributed by atoms with Crippen molar-refractivity contribution in [3.8, 4) is 0 Å². The number of nitrogens with zero attached hydrogens (tertiary/aromatic N) is 2. The molecule has 0 aromatic carbocycles. The van der Waals surface area contributed by atoms with Crippen LogP contribution in [-0.2, 0) is 17.6 Å².